The maximum atomic E-state index is 12.6. The fourth-order valence-electron chi connectivity index (χ4n) is 2.03. The summed E-state index contributed by atoms with van der Waals surface area (Å²) in [7, 11) is -4.68. The highest BCUT2D eigenvalue weighted by Gasteiger charge is 2.24. The molecule has 0 bridgehead atoms. The van der Waals surface area contributed by atoms with Crippen LogP contribution in [0.3, 0.4) is 0 Å². The Morgan fingerprint density at radius 1 is 1.25 bits per heavy atom. The molecule has 1 rings (SSSR count). The molecule has 0 unspecified atom stereocenters. The van der Waals surface area contributed by atoms with Crippen LogP contribution in [0.2, 0.25) is 25.7 Å². The average Bonchev–Trinajstić information content (AvgIpc) is 2.85. The van der Waals surface area contributed by atoms with E-state index >= 15 is 0 Å². The molecule has 0 aromatic carbocycles. The van der Waals surface area contributed by atoms with E-state index in [0.717, 1.165) is 19.1 Å². The molecule has 0 radical (unpaired) electrons. The molecular weight excluding hydrogens is 412 g/mol. The summed E-state index contributed by atoms with van der Waals surface area (Å²) >= 11 is 3.16. The van der Waals surface area contributed by atoms with Crippen LogP contribution < -0.4 is 0 Å². The summed E-state index contributed by atoms with van der Waals surface area (Å²) in [5.74, 6) is 0.0225. The Hall–Kier alpha value is -0.293. The van der Waals surface area contributed by atoms with Crippen molar-refractivity contribution in [2.75, 3.05) is 32.0 Å². The molecule has 0 N–H and O–H groups in total. The summed E-state index contributed by atoms with van der Waals surface area (Å²) in [5.41, 5.74) is 0. The Bertz CT molecular complexity index is 612. The summed E-state index contributed by atoms with van der Waals surface area (Å²) in [5, 5.41) is 4.06. The summed E-state index contributed by atoms with van der Waals surface area (Å²) in [6, 6.07) is 1.02. The van der Waals surface area contributed by atoms with Crippen LogP contribution in [0.1, 0.15) is 13.8 Å². The number of sulfone groups is 1. The number of ether oxygens (including phenoxy) is 1. The maximum absolute atomic E-state index is 12.6. The second kappa shape index (κ2) is 9.42. The van der Waals surface area contributed by atoms with E-state index in [9.17, 15) is 8.42 Å². The third-order valence-electron chi connectivity index (χ3n) is 3.67. The normalized spacial score (nSPS) is 13.0. The van der Waals surface area contributed by atoms with Crippen LogP contribution in [-0.4, -0.2) is 68.2 Å². The number of nitrogens with zero attached hydrogens (tertiary/aromatic N) is 4. The maximum Gasteiger partial charge on any atom is 0.248 e. The predicted octanol–water partition coefficient (Wildman–Crippen LogP) is 2.47. The van der Waals surface area contributed by atoms with Crippen molar-refractivity contribution in [1.82, 2.24) is 19.7 Å². The molecule has 1 aromatic heterocycles. The number of halogens is 1. The summed E-state index contributed by atoms with van der Waals surface area (Å²) in [4.78, 5) is 6.10. The fourth-order valence-corrected chi connectivity index (χ4v) is 4.58. The standard InChI is InChI=1S/C14H29BrN4O3SSi/c1-6-18(7-2)8-10-23(20,21)14-16-13(15)17-19(14)12-22-9-11-24(3,4)5/h6-12H2,1-5H3. The number of aromatic nitrogens is 3. The van der Waals surface area contributed by atoms with Gasteiger partial charge < -0.3 is 9.64 Å². The minimum Gasteiger partial charge on any atom is -0.359 e. The zero-order valence-electron chi connectivity index (χ0n) is 15.2. The second-order valence-electron chi connectivity index (χ2n) is 6.86. The molecule has 10 heteroatoms. The fraction of sp³-hybridized carbons (Fsp3) is 0.857. The Morgan fingerprint density at radius 2 is 1.88 bits per heavy atom. The summed E-state index contributed by atoms with van der Waals surface area (Å²) < 4.78 is 32.3. The van der Waals surface area contributed by atoms with Crippen LogP contribution in [0.5, 0.6) is 0 Å². The van der Waals surface area contributed by atoms with Gasteiger partial charge in [-0.3, -0.25) is 0 Å². The first-order chi connectivity index (χ1) is 11.1. The van der Waals surface area contributed by atoms with Gasteiger partial charge in [0.25, 0.3) is 0 Å². The van der Waals surface area contributed by atoms with Gasteiger partial charge in [-0.15, -0.1) is 5.10 Å². The molecule has 1 aromatic rings. The number of hydrogen-bond donors (Lipinski definition) is 0. The molecule has 0 saturated heterocycles. The van der Waals surface area contributed by atoms with Crippen LogP contribution in [0.4, 0.5) is 0 Å². The van der Waals surface area contributed by atoms with Crippen molar-refractivity contribution in [3.8, 4) is 0 Å². The summed E-state index contributed by atoms with van der Waals surface area (Å²) in [6.07, 6.45) is 0. The van der Waals surface area contributed by atoms with E-state index in [-0.39, 0.29) is 22.4 Å². The molecule has 1 heterocycles. The third kappa shape index (κ3) is 7.30. The summed E-state index contributed by atoms with van der Waals surface area (Å²) in [6.45, 7) is 13.7. The van der Waals surface area contributed by atoms with Crippen LogP contribution >= 0.6 is 15.9 Å². The molecule has 24 heavy (non-hydrogen) atoms. The van der Waals surface area contributed by atoms with Crippen molar-refractivity contribution in [3.05, 3.63) is 4.73 Å². The lowest BCUT2D eigenvalue weighted by atomic mass is 10.5. The Balaban J connectivity index is 2.73. The van der Waals surface area contributed by atoms with Gasteiger partial charge in [0.05, 0.1) is 5.75 Å². The van der Waals surface area contributed by atoms with Crippen molar-refractivity contribution in [3.63, 3.8) is 0 Å². The first kappa shape index (κ1) is 21.7. The van der Waals surface area contributed by atoms with E-state index in [1.807, 2.05) is 13.8 Å². The predicted molar refractivity (Wildman–Crippen MR) is 102 cm³/mol. The van der Waals surface area contributed by atoms with E-state index in [1.165, 1.54) is 4.68 Å². The number of rotatable bonds is 11. The quantitative estimate of drug-likeness (QED) is 0.388. The van der Waals surface area contributed by atoms with E-state index in [4.69, 9.17) is 4.74 Å². The monoisotopic (exact) mass is 440 g/mol. The highest BCUT2D eigenvalue weighted by Crippen LogP contribution is 2.14. The van der Waals surface area contributed by atoms with E-state index in [0.29, 0.717) is 13.2 Å². The topological polar surface area (TPSA) is 77.3 Å². The molecule has 0 aliphatic heterocycles. The minimum absolute atomic E-state index is 0.0225. The van der Waals surface area contributed by atoms with Gasteiger partial charge in [0.2, 0.25) is 19.7 Å². The highest BCUT2D eigenvalue weighted by atomic mass is 79.9. The molecule has 140 valence electrons. The van der Waals surface area contributed by atoms with Gasteiger partial charge in [-0.25, -0.2) is 13.1 Å². The average molecular weight is 441 g/mol. The lowest BCUT2D eigenvalue weighted by Crippen LogP contribution is -2.30. The SMILES string of the molecule is CCN(CC)CCS(=O)(=O)c1nc(Br)nn1COCC[Si](C)(C)C. The van der Waals surface area contributed by atoms with E-state index in [2.05, 4.69) is 50.6 Å². The molecule has 0 amide bonds. The molecule has 0 fully saturated rings. The highest BCUT2D eigenvalue weighted by molar-refractivity contribution is 9.10. The molecule has 0 saturated carbocycles. The van der Waals surface area contributed by atoms with Gasteiger partial charge in [0, 0.05) is 21.2 Å². The van der Waals surface area contributed by atoms with Crippen molar-refractivity contribution >= 4 is 33.8 Å². The van der Waals surface area contributed by atoms with Crippen molar-refractivity contribution in [1.29, 1.82) is 0 Å². The van der Waals surface area contributed by atoms with Crippen molar-refractivity contribution < 1.29 is 13.2 Å². The van der Waals surface area contributed by atoms with E-state index in [1.54, 1.807) is 0 Å². The molecule has 0 atom stereocenters. The first-order valence-corrected chi connectivity index (χ1v) is 14.4. The molecule has 7 nitrogen and oxygen atoms in total. The van der Waals surface area contributed by atoms with Crippen LogP contribution in [0.25, 0.3) is 0 Å². The third-order valence-corrected chi connectivity index (χ3v) is 7.29. The Morgan fingerprint density at radius 3 is 2.42 bits per heavy atom. The molecule has 0 spiro atoms. The van der Waals surface area contributed by atoms with Gasteiger partial charge >= 0.3 is 0 Å². The van der Waals surface area contributed by atoms with Crippen LogP contribution in [0.15, 0.2) is 9.89 Å². The van der Waals surface area contributed by atoms with Gasteiger partial charge in [-0.05, 0) is 35.1 Å². The Kier molecular flexibility index (Phi) is 8.53. The zero-order valence-corrected chi connectivity index (χ0v) is 18.7. The zero-order chi connectivity index (χ0) is 18.4. The van der Waals surface area contributed by atoms with Gasteiger partial charge in [-0.1, -0.05) is 33.5 Å². The number of hydrogen-bond acceptors (Lipinski definition) is 6. The Labute approximate surface area is 154 Å². The lowest BCUT2D eigenvalue weighted by molar-refractivity contribution is 0.0712. The molecule has 0 aliphatic carbocycles. The second-order valence-corrected chi connectivity index (χ2v) is 15.2. The smallest absolute Gasteiger partial charge is 0.248 e. The van der Waals surface area contributed by atoms with Crippen LogP contribution in [-0.2, 0) is 21.3 Å². The van der Waals surface area contributed by atoms with Gasteiger partial charge in [-0.2, -0.15) is 4.98 Å². The largest absolute Gasteiger partial charge is 0.359 e. The van der Waals surface area contributed by atoms with E-state index < -0.39 is 17.9 Å². The van der Waals surface area contributed by atoms with Crippen LogP contribution in [0, 0.1) is 0 Å². The minimum atomic E-state index is -3.50. The first-order valence-electron chi connectivity index (χ1n) is 8.22. The van der Waals surface area contributed by atoms with Crippen molar-refractivity contribution in [2.24, 2.45) is 0 Å². The van der Waals surface area contributed by atoms with Gasteiger partial charge in [0.1, 0.15) is 6.73 Å². The van der Waals surface area contributed by atoms with Crippen molar-refractivity contribution in [2.45, 2.75) is 51.4 Å². The lowest BCUT2D eigenvalue weighted by Gasteiger charge is -2.17. The molecular formula is C14H29BrN4O3SSi. The molecule has 0 aliphatic rings. The van der Waals surface area contributed by atoms with Gasteiger partial charge in [0.15, 0.2) is 0 Å².